The first-order valence-electron chi connectivity index (χ1n) is 10.1. The summed E-state index contributed by atoms with van der Waals surface area (Å²) in [6, 6.07) is 0. The van der Waals surface area contributed by atoms with Crippen molar-refractivity contribution in [1.29, 1.82) is 0 Å². The molecule has 4 aliphatic carbocycles. The first-order chi connectivity index (χ1) is 12.2. The number of aliphatic hydroxyl groups excluding tert-OH is 1. The normalized spacial score (nSPS) is 50.3. The maximum absolute atomic E-state index is 12.4. The van der Waals surface area contributed by atoms with Gasteiger partial charge in [0, 0.05) is 12.3 Å². The van der Waals surface area contributed by atoms with E-state index in [0.717, 1.165) is 25.7 Å². The lowest BCUT2D eigenvalue weighted by atomic mass is 9.46. The number of ketones is 2. The Morgan fingerprint density at radius 2 is 2.04 bits per heavy atom. The summed E-state index contributed by atoms with van der Waals surface area (Å²) in [5.41, 5.74) is 0.831. The zero-order valence-electron chi connectivity index (χ0n) is 16.0. The van der Waals surface area contributed by atoms with E-state index in [-0.39, 0.29) is 40.2 Å². The van der Waals surface area contributed by atoms with Gasteiger partial charge in [0.15, 0.2) is 17.9 Å². The molecule has 0 amide bonds. The number of rotatable bonds is 2. The van der Waals surface area contributed by atoms with Crippen LogP contribution in [0.4, 0.5) is 0 Å². The van der Waals surface area contributed by atoms with Crippen LogP contribution >= 0.6 is 0 Å². The Morgan fingerprint density at radius 1 is 1.31 bits per heavy atom. The Labute approximate surface area is 155 Å². The average molecular weight is 358 g/mol. The first-order valence-corrected chi connectivity index (χ1v) is 10.1. The number of Topliss-reactive ketones (excluding diaryl/α,β-unsaturated/α-hetero) is 1. The molecule has 142 valence electrons. The number of allylic oxidation sites excluding steroid dienone is 1. The van der Waals surface area contributed by atoms with Gasteiger partial charge in [-0.25, -0.2) is 0 Å². The second-order valence-electron chi connectivity index (χ2n) is 9.88. The highest BCUT2D eigenvalue weighted by Gasteiger charge is 2.64. The van der Waals surface area contributed by atoms with Gasteiger partial charge < -0.3 is 5.11 Å². The molecule has 0 radical (unpaired) electrons. The van der Waals surface area contributed by atoms with Crippen molar-refractivity contribution in [3.8, 4) is 0 Å². The Bertz CT molecular complexity index is 694. The standard InChI is InChI=1S/C22H30O4/c1-12-8-16-15-5-4-13-9-14(24)6-7-21(13,2)20(15)17(25)10-22(16,3)19(12)18(26)11-23/h9,11-12,15-17,19-20,25H,4-8,10H2,1-3H3/t12-,15+,16+,17+,19-,20-,21+,22+/m1/s1. The van der Waals surface area contributed by atoms with E-state index >= 15 is 0 Å². The van der Waals surface area contributed by atoms with Crippen LogP contribution in [0.25, 0.3) is 0 Å². The molecule has 0 aliphatic heterocycles. The van der Waals surface area contributed by atoms with Gasteiger partial charge in [0.05, 0.1) is 6.10 Å². The van der Waals surface area contributed by atoms with Gasteiger partial charge in [0.2, 0.25) is 0 Å². The minimum atomic E-state index is -0.476. The predicted molar refractivity (Wildman–Crippen MR) is 97.2 cm³/mol. The topological polar surface area (TPSA) is 71.4 Å². The molecule has 4 aliphatic rings. The number of hydrogen-bond donors (Lipinski definition) is 1. The van der Waals surface area contributed by atoms with Crippen LogP contribution in [0.3, 0.4) is 0 Å². The number of fused-ring (bicyclic) bond motifs is 5. The van der Waals surface area contributed by atoms with Gasteiger partial charge >= 0.3 is 0 Å². The van der Waals surface area contributed by atoms with E-state index in [2.05, 4.69) is 20.8 Å². The molecule has 0 aromatic rings. The van der Waals surface area contributed by atoms with Crippen LogP contribution in [-0.2, 0) is 14.4 Å². The van der Waals surface area contributed by atoms with Gasteiger partial charge in [-0.15, -0.1) is 0 Å². The maximum Gasteiger partial charge on any atom is 0.199 e. The summed E-state index contributed by atoms with van der Waals surface area (Å²) in [4.78, 5) is 35.5. The number of carbonyl (C=O) groups is 3. The highest BCUT2D eigenvalue weighted by Crippen LogP contribution is 2.67. The van der Waals surface area contributed by atoms with Crippen molar-refractivity contribution < 1.29 is 19.5 Å². The summed E-state index contributed by atoms with van der Waals surface area (Å²) in [5.74, 6) is 0.744. The fourth-order valence-electron chi connectivity index (χ4n) is 7.73. The van der Waals surface area contributed by atoms with Crippen molar-refractivity contribution in [2.24, 2.45) is 40.4 Å². The third-order valence-electron chi connectivity index (χ3n) is 8.66. The Morgan fingerprint density at radius 3 is 2.73 bits per heavy atom. The Kier molecular flexibility index (Phi) is 4.07. The molecule has 8 atom stereocenters. The van der Waals surface area contributed by atoms with E-state index in [1.54, 1.807) is 0 Å². The summed E-state index contributed by atoms with van der Waals surface area (Å²) in [5, 5.41) is 11.2. The molecule has 0 spiro atoms. The molecule has 4 nitrogen and oxygen atoms in total. The van der Waals surface area contributed by atoms with Gasteiger partial charge in [-0.2, -0.15) is 0 Å². The molecule has 26 heavy (non-hydrogen) atoms. The van der Waals surface area contributed by atoms with Crippen LogP contribution in [0.15, 0.2) is 11.6 Å². The van der Waals surface area contributed by atoms with Crippen molar-refractivity contribution in [1.82, 2.24) is 0 Å². The van der Waals surface area contributed by atoms with Crippen LogP contribution in [0.1, 0.15) is 59.3 Å². The van der Waals surface area contributed by atoms with Crippen molar-refractivity contribution >= 4 is 17.9 Å². The van der Waals surface area contributed by atoms with E-state index in [9.17, 15) is 19.5 Å². The summed E-state index contributed by atoms with van der Waals surface area (Å²) >= 11 is 0. The highest BCUT2D eigenvalue weighted by atomic mass is 16.3. The molecule has 0 heterocycles. The average Bonchev–Trinajstić information content (AvgIpc) is 2.84. The molecule has 0 aromatic carbocycles. The van der Waals surface area contributed by atoms with Crippen molar-refractivity contribution in [3.05, 3.63) is 11.6 Å². The molecule has 1 N–H and O–H groups in total. The van der Waals surface area contributed by atoms with Crippen LogP contribution in [0.2, 0.25) is 0 Å². The lowest BCUT2D eigenvalue weighted by molar-refractivity contribution is -0.148. The lowest BCUT2D eigenvalue weighted by Gasteiger charge is -2.59. The van der Waals surface area contributed by atoms with Gasteiger partial charge in [-0.3, -0.25) is 14.4 Å². The van der Waals surface area contributed by atoms with E-state index in [4.69, 9.17) is 0 Å². The Balaban J connectivity index is 1.74. The molecule has 4 rings (SSSR count). The van der Waals surface area contributed by atoms with Crippen LogP contribution in [0, 0.1) is 40.4 Å². The molecule has 3 fully saturated rings. The number of carbonyl (C=O) groups excluding carboxylic acids is 3. The van der Waals surface area contributed by atoms with Crippen molar-refractivity contribution in [2.45, 2.75) is 65.4 Å². The van der Waals surface area contributed by atoms with E-state index in [1.807, 2.05) is 6.08 Å². The zero-order valence-corrected chi connectivity index (χ0v) is 16.0. The molecular weight excluding hydrogens is 328 g/mol. The van der Waals surface area contributed by atoms with E-state index < -0.39 is 6.10 Å². The molecule has 0 aromatic heterocycles. The number of hydrogen-bond acceptors (Lipinski definition) is 4. The Hall–Kier alpha value is -1.29. The number of aliphatic hydroxyl groups is 1. The second kappa shape index (κ2) is 5.85. The predicted octanol–water partition coefficient (Wildman–Crippen LogP) is 3.12. The van der Waals surface area contributed by atoms with Crippen LogP contribution < -0.4 is 0 Å². The monoisotopic (exact) mass is 358 g/mol. The summed E-state index contributed by atoms with van der Waals surface area (Å²) in [6.45, 7) is 6.46. The molecule has 4 heteroatoms. The lowest BCUT2D eigenvalue weighted by Crippen LogP contribution is -2.57. The molecule has 0 bridgehead atoms. The third kappa shape index (κ3) is 2.27. The summed E-state index contributed by atoms with van der Waals surface area (Å²) < 4.78 is 0. The number of aldehydes is 1. The largest absolute Gasteiger partial charge is 0.393 e. The van der Waals surface area contributed by atoms with Crippen molar-refractivity contribution in [2.75, 3.05) is 0 Å². The minimum absolute atomic E-state index is 0.104. The molecule has 0 unspecified atom stereocenters. The third-order valence-corrected chi connectivity index (χ3v) is 8.66. The van der Waals surface area contributed by atoms with Gasteiger partial charge in [-0.1, -0.05) is 26.3 Å². The minimum Gasteiger partial charge on any atom is -0.393 e. The van der Waals surface area contributed by atoms with E-state index in [1.165, 1.54) is 5.57 Å². The summed E-state index contributed by atoms with van der Waals surface area (Å²) in [7, 11) is 0. The second-order valence-corrected chi connectivity index (χ2v) is 9.88. The SMILES string of the molecule is C[C@@H]1C[C@H]2[C@@H]3CCC4=CC(=O)CC[C@]4(C)[C@H]3[C@@H](O)C[C@]2(C)[C@H]1C(=O)C=O. The summed E-state index contributed by atoms with van der Waals surface area (Å²) in [6.07, 6.45) is 6.70. The zero-order chi connectivity index (χ0) is 18.9. The van der Waals surface area contributed by atoms with Crippen LogP contribution in [0.5, 0.6) is 0 Å². The maximum atomic E-state index is 12.4. The van der Waals surface area contributed by atoms with E-state index in [0.29, 0.717) is 31.0 Å². The molecule has 3 saturated carbocycles. The fraction of sp³-hybridized carbons (Fsp3) is 0.773. The van der Waals surface area contributed by atoms with Crippen molar-refractivity contribution in [3.63, 3.8) is 0 Å². The van der Waals surface area contributed by atoms with Gasteiger partial charge in [0.25, 0.3) is 0 Å². The van der Waals surface area contributed by atoms with Crippen LogP contribution in [-0.4, -0.2) is 29.1 Å². The molecule has 0 saturated heterocycles. The smallest absolute Gasteiger partial charge is 0.199 e. The van der Waals surface area contributed by atoms with Gasteiger partial charge in [0.1, 0.15) is 0 Å². The molecular formula is C22H30O4. The first kappa shape index (κ1) is 18.1. The fourth-order valence-corrected chi connectivity index (χ4v) is 7.73. The highest BCUT2D eigenvalue weighted by molar-refractivity contribution is 6.26. The quantitative estimate of drug-likeness (QED) is 0.608. The van der Waals surface area contributed by atoms with Gasteiger partial charge in [-0.05, 0) is 72.7 Å².